The SMILES string of the molecule is Cc1cc(C)c(N2c3ccccc3C(C)(C)c3cc4c5ccccc5n(-c5cc(C(C)(C)C)ccn5)c4cc32)cc1C1=N[C@]2(C)C(C)(C)c3c(C(C)(C)C)cc(C(C)(C)C)cc3[C@]2(C)S1. The van der Waals surface area contributed by atoms with Crippen molar-refractivity contribution in [3.63, 3.8) is 0 Å². The van der Waals surface area contributed by atoms with E-state index in [-0.39, 0.29) is 37.4 Å². The summed E-state index contributed by atoms with van der Waals surface area (Å²) in [5.41, 5.74) is 18.5. The number of pyridine rings is 1. The van der Waals surface area contributed by atoms with Gasteiger partial charge in [-0.05, 0) is 136 Å². The fourth-order valence-electron chi connectivity index (χ4n) is 11.7. The molecule has 0 spiro atoms. The first kappa shape index (κ1) is 43.7. The average molecular weight is 877 g/mol. The molecule has 7 aromatic rings. The molecule has 2 aromatic heterocycles. The summed E-state index contributed by atoms with van der Waals surface area (Å²) in [4.78, 5) is 13.6. The van der Waals surface area contributed by atoms with Gasteiger partial charge in [0.1, 0.15) is 5.82 Å². The summed E-state index contributed by atoms with van der Waals surface area (Å²) in [7, 11) is 0. The van der Waals surface area contributed by atoms with Gasteiger partial charge in [-0.25, -0.2) is 4.98 Å². The molecule has 1 aliphatic carbocycles. The molecule has 334 valence electrons. The molecule has 65 heavy (non-hydrogen) atoms. The smallest absolute Gasteiger partial charge is 0.137 e. The van der Waals surface area contributed by atoms with Crippen LogP contribution in [-0.4, -0.2) is 20.1 Å². The minimum absolute atomic E-state index is 0.00384. The molecule has 2 aliphatic heterocycles. The van der Waals surface area contributed by atoms with Crippen molar-refractivity contribution < 1.29 is 0 Å². The lowest BCUT2D eigenvalue weighted by atomic mass is 9.67. The second-order valence-corrected chi connectivity index (χ2v) is 25.4. The van der Waals surface area contributed by atoms with Crippen LogP contribution < -0.4 is 4.90 Å². The predicted octanol–water partition coefficient (Wildman–Crippen LogP) is 16.3. The van der Waals surface area contributed by atoms with Crippen molar-refractivity contribution in [2.75, 3.05) is 4.90 Å². The van der Waals surface area contributed by atoms with Crippen LogP contribution in [0.2, 0.25) is 0 Å². The lowest BCUT2D eigenvalue weighted by Gasteiger charge is -2.42. The summed E-state index contributed by atoms with van der Waals surface area (Å²) in [6.07, 6.45) is 1.98. The minimum Gasteiger partial charge on any atom is -0.310 e. The van der Waals surface area contributed by atoms with Crippen molar-refractivity contribution in [1.29, 1.82) is 0 Å². The van der Waals surface area contributed by atoms with Crippen LogP contribution >= 0.6 is 11.8 Å². The average Bonchev–Trinajstić information content (AvgIpc) is 3.74. The van der Waals surface area contributed by atoms with Gasteiger partial charge in [-0.1, -0.05) is 156 Å². The first-order valence-electron chi connectivity index (χ1n) is 23.7. The summed E-state index contributed by atoms with van der Waals surface area (Å²) in [5, 5.41) is 3.62. The Morgan fingerprint density at radius 1 is 0.554 bits per heavy atom. The summed E-state index contributed by atoms with van der Waals surface area (Å²) in [6.45, 7) is 40.2. The molecule has 0 radical (unpaired) electrons. The molecule has 0 fully saturated rings. The zero-order valence-electron chi connectivity index (χ0n) is 42.0. The number of rotatable bonds is 3. The third kappa shape index (κ3) is 6.09. The Labute approximate surface area is 393 Å². The molecule has 3 aliphatic rings. The van der Waals surface area contributed by atoms with Crippen LogP contribution in [0.5, 0.6) is 0 Å². The van der Waals surface area contributed by atoms with E-state index in [2.05, 4.69) is 224 Å². The van der Waals surface area contributed by atoms with Crippen LogP contribution in [0, 0.1) is 13.8 Å². The first-order chi connectivity index (χ1) is 30.2. The van der Waals surface area contributed by atoms with Crippen molar-refractivity contribution in [3.8, 4) is 5.82 Å². The monoisotopic (exact) mass is 877 g/mol. The number of hydrogen-bond donors (Lipinski definition) is 0. The summed E-state index contributed by atoms with van der Waals surface area (Å²) >= 11 is 1.99. The van der Waals surface area contributed by atoms with Crippen molar-refractivity contribution >= 4 is 55.7 Å². The topological polar surface area (TPSA) is 33.4 Å². The number of aromatic nitrogens is 2. The van der Waals surface area contributed by atoms with E-state index in [9.17, 15) is 0 Å². The number of nitrogens with zero attached hydrogens (tertiary/aromatic N) is 4. The third-order valence-corrected chi connectivity index (χ3v) is 17.6. The molecule has 5 heteroatoms. The maximum atomic E-state index is 5.98. The second-order valence-electron chi connectivity index (χ2n) is 24.0. The highest BCUT2D eigenvalue weighted by molar-refractivity contribution is 8.15. The van der Waals surface area contributed by atoms with E-state index < -0.39 is 0 Å². The van der Waals surface area contributed by atoms with Gasteiger partial charge in [0.2, 0.25) is 0 Å². The summed E-state index contributed by atoms with van der Waals surface area (Å²) < 4.78 is 2.13. The minimum atomic E-state index is -0.373. The van der Waals surface area contributed by atoms with E-state index in [4.69, 9.17) is 9.98 Å². The molecule has 0 N–H and O–H groups in total. The number of fused-ring (bicyclic) bond motifs is 8. The van der Waals surface area contributed by atoms with Gasteiger partial charge in [0.05, 0.1) is 37.7 Å². The molecule has 0 saturated heterocycles. The van der Waals surface area contributed by atoms with Crippen LogP contribution in [0.15, 0.2) is 108 Å². The quantitative estimate of drug-likeness (QED) is 0.177. The van der Waals surface area contributed by atoms with Gasteiger partial charge in [-0.2, -0.15) is 0 Å². The molecule has 2 atom stereocenters. The third-order valence-electron chi connectivity index (χ3n) is 16.1. The Kier molecular flexibility index (Phi) is 9.23. The number of anilines is 3. The molecule has 5 aromatic carbocycles. The van der Waals surface area contributed by atoms with Crippen LogP contribution in [-0.2, 0) is 31.8 Å². The zero-order chi connectivity index (χ0) is 46.8. The van der Waals surface area contributed by atoms with Gasteiger partial charge in [-0.3, -0.25) is 9.56 Å². The van der Waals surface area contributed by atoms with Gasteiger partial charge in [0, 0.05) is 39.1 Å². The maximum Gasteiger partial charge on any atom is 0.137 e. The number of para-hydroxylation sites is 2. The van der Waals surface area contributed by atoms with Crippen LogP contribution in [0.25, 0.3) is 27.6 Å². The molecule has 0 unspecified atom stereocenters. The van der Waals surface area contributed by atoms with Gasteiger partial charge < -0.3 is 4.90 Å². The van der Waals surface area contributed by atoms with Gasteiger partial charge in [0.25, 0.3) is 0 Å². The first-order valence-corrected chi connectivity index (χ1v) is 24.6. The van der Waals surface area contributed by atoms with Gasteiger partial charge in [-0.15, -0.1) is 0 Å². The molecular weight excluding hydrogens is 809 g/mol. The highest BCUT2D eigenvalue weighted by atomic mass is 32.2. The van der Waals surface area contributed by atoms with E-state index in [1.807, 2.05) is 18.0 Å². The van der Waals surface area contributed by atoms with E-state index in [1.165, 1.54) is 83.5 Å². The molecule has 0 amide bonds. The van der Waals surface area contributed by atoms with Crippen molar-refractivity contribution in [1.82, 2.24) is 9.55 Å². The highest BCUT2D eigenvalue weighted by Crippen LogP contribution is 2.68. The fourth-order valence-corrected chi connectivity index (χ4v) is 13.5. The number of hydrogen-bond acceptors (Lipinski definition) is 4. The van der Waals surface area contributed by atoms with Crippen molar-refractivity contribution in [2.24, 2.45) is 4.99 Å². The number of thioether (sulfide) groups is 1. The second kappa shape index (κ2) is 13.7. The Balaban J connectivity index is 1.20. The molecule has 10 rings (SSSR count). The zero-order valence-corrected chi connectivity index (χ0v) is 42.8. The van der Waals surface area contributed by atoms with Crippen LogP contribution in [0.1, 0.15) is 159 Å². The molecule has 0 saturated carbocycles. The molecule has 0 bridgehead atoms. The largest absolute Gasteiger partial charge is 0.310 e. The maximum absolute atomic E-state index is 5.98. The Morgan fingerprint density at radius 2 is 1.23 bits per heavy atom. The van der Waals surface area contributed by atoms with Crippen molar-refractivity contribution in [3.05, 3.63) is 159 Å². The van der Waals surface area contributed by atoms with Gasteiger partial charge >= 0.3 is 0 Å². The van der Waals surface area contributed by atoms with E-state index in [1.54, 1.807) is 0 Å². The van der Waals surface area contributed by atoms with E-state index in [0.717, 1.165) is 21.9 Å². The fraction of sp³-hybridized carbons (Fsp3) is 0.400. The predicted molar refractivity (Wildman–Crippen MR) is 280 cm³/mol. The van der Waals surface area contributed by atoms with Crippen LogP contribution in [0.3, 0.4) is 0 Å². The normalized spacial score (nSPS) is 21.1. The standard InChI is InChI=1S/C60H68N4S/c1-35-28-36(2)48(33-40(35)53-62-60(17)58(14,15)52-44(56(9,10)11)29-38(55(6,7)8)30-45(52)59(60,16)65-53)63-47-25-21-19-23-42(47)57(12,13)43-32-41-39-22-18-20-24-46(39)64(49(41)34-50(43)63)51-31-37(26-27-61-51)54(3,4)5/h18-34H,1-17H3/t59-,60+/m0/s1. The Morgan fingerprint density at radius 3 is 1.92 bits per heavy atom. The molecular formula is C60H68N4S. The molecule has 4 heterocycles. The Hall–Kier alpha value is -5.13. The lowest BCUT2D eigenvalue weighted by molar-refractivity contribution is 0.262. The lowest BCUT2D eigenvalue weighted by Crippen LogP contribution is -2.48. The van der Waals surface area contributed by atoms with Gasteiger partial charge in [0.15, 0.2) is 0 Å². The molecule has 4 nitrogen and oxygen atoms in total. The number of aryl methyl sites for hydroxylation is 2. The Bertz CT molecular complexity index is 3190. The summed E-state index contributed by atoms with van der Waals surface area (Å²) in [6, 6.07) is 37.2. The summed E-state index contributed by atoms with van der Waals surface area (Å²) in [5.74, 6) is 0.942. The number of benzene rings is 5. The van der Waals surface area contributed by atoms with Crippen molar-refractivity contribution in [2.45, 2.75) is 155 Å². The van der Waals surface area contributed by atoms with E-state index in [0.29, 0.717) is 0 Å². The number of aliphatic imine (C=N–C) groups is 1. The highest BCUT2D eigenvalue weighted by Gasteiger charge is 2.67. The van der Waals surface area contributed by atoms with E-state index >= 15 is 0 Å². The van der Waals surface area contributed by atoms with Crippen LogP contribution in [0.4, 0.5) is 17.1 Å².